The number of benzene rings is 1. The van der Waals surface area contributed by atoms with E-state index in [-0.39, 0.29) is 0 Å². The number of rotatable bonds is 1. The Kier molecular flexibility index (Phi) is 3.49. The minimum absolute atomic E-state index is 0.568. The zero-order chi connectivity index (χ0) is 10.7. The van der Waals surface area contributed by atoms with Gasteiger partial charge in [0, 0.05) is 18.7 Å². The van der Waals surface area contributed by atoms with E-state index < -0.39 is 0 Å². The van der Waals surface area contributed by atoms with Gasteiger partial charge in [-0.25, -0.2) is 0 Å². The van der Waals surface area contributed by atoms with Crippen LogP contribution >= 0.6 is 23.2 Å². The first-order valence-corrected chi connectivity index (χ1v) is 5.77. The SMILES string of the molecule is Clc1ccc(NC2=NCCCC2)cc1Cl. The molecule has 0 unspecified atom stereocenters. The van der Waals surface area contributed by atoms with E-state index in [0.29, 0.717) is 10.0 Å². The summed E-state index contributed by atoms with van der Waals surface area (Å²) in [5.41, 5.74) is 0.949. The first kappa shape index (κ1) is 10.8. The van der Waals surface area contributed by atoms with Crippen molar-refractivity contribution >= 4 is 34.7 Å². The van der Waals surface area contributed by atoms with E-state index in [1.54, 1.807) is 6.07 Å². The number of nitrogens with one attached hydrogen (secondary N) is 1. The number of nitrogens with zero attached hydrogens (tertiary/aromatic N) is 1. The van der Waals surface area contributed by atoms with E-state index in [4.69, 9.17) is 23.2 Å². The second kappa shape index (κ2) is 4.86. The molecular weight excluding hydrogens is 231 g/mol. The van der Waals surface area contributed by atoms with Crippen LogP contribution in [0.5, 0.6) is 0 Å². The summed E-state index contributed by atoms with van der Waals surface area (Å²) in [6, 6.07) is 5.52. The van der Waals surface area contributed by atoms with Crippen LogP contribution < -0.4 is 5.32 Å². The van der Waals surface area contributed by atoms with Crippen molar-refractivity contribution in [1.82, 2.24) is 0 Å². The monoisotopic (exact) mass is 242 g/mol. The maximum atomic E-state index is 5.92. The smallest absolute Gasteiger partial charge is 0.101 e. The van der Waals surface area contributed by atoms with Gasteiger partial charge >= 0.3 is 0 Å². The number of aliphatic imine (C=N–C) groups is 1. The topological polar surface area (TPSA) is 24.4 Å². The zero-order valence-corrected chi connectivity index (χ0v) is 9.78. The Morgan fingerprint density at radius 1 is 1.13 bits per heavy atom. The summed E-state index contributed by atoms with van der Waals surface area (Å²) >= 11 is 11.8. The van der Waals surface area contributed by atoms with Crippen LogP contribution in [0.3, 0.4) is 0 Å². The Labute approximate surface area is 99.3 Å². The first-order chi connectivity index (χ1) is 7.25. The molecule has 1 aromatic rings. The van der Waals surface area contributed by atoms with Crippen LogP contribution in [0.4, 0.5) is 5.69 Å². The molecule has 2 nitrogen and oxygen atoms in total. The van der Waals surface area contributed by atoms with Crippen molar-refractivity contribution in [2.24, 2.45) is 4.99 Å². The van der Waals surface area contributed by atoms with E-state index in [0.717, 1.165) is 24.5 Å². The number of hydrogen-bond acceptors (Lipinski definition) is 2. The van der Waals surface area contributed by atoms with Crippen LogP contribution in [-0.2, 0) is 0 Å². The lowest BCUT2D eigenvalue weighted by atomic mass is 10.2. The van der Waals surface area contributed by atoms with Crippen LogP contribution in [-0.4, -0.2) is 12.4 Å². The number of amidine groups is 1. The van der Waals surface area contributed by atoms with Crippen molar-refractivity contribution < 1.29 is 0 Å². The number of halogens is 2. The van der Waals surface area contributed by atoms with Crippen molar-refractivity contribution in [3.05, 3.63) is 28.2 Å². The van der Waals surface area contributed by atoms with Crippen molar-refractivity contribution in [2.75, 3.05) is 11.9 Å². The molecule has 1 aliphatic rings. The molecule has 1 aromatic carbocycles. The zero-order valence-electron chi connectivity index (χ0n) is 8.26. The molecule has 0 amide bonds. The fourth-order valence-electron chi connectivity index (χ4n) is 1.54. The van der Waals surface area contributed by atoms with Gasteiger partial charge in [-0.15, -0.1) is 0 Å². The molecule has 0 saturated carbocycles. The van der Waals surface area contributed by atoms with E-state index >= 15 is 0 Å². The normalized spacial score (nSPS) is 16.0. The Morgan fingerprint density at radius 2 is 2.00 bits per heavy atom. The van der Waals surface area contributed by atoms with Gasteiger partial charge < -0.3 is 5.32 Å². The predicted molar refractivity (Wildman–Crippen MR) is 66.2 cm³/mol. The third-order valence-electron chi connectivity index (χ3n) is 2.33. The van der Waals surface area contributed by atoms with Crippen molar-refractivity contribution in [3.8, 4) is 0 Å². The minimum Gasteiger partial charge on any atom is -0.344 e. The Morgan fingerprint density at radius 3 is 2.67 bits per heavy atom. The van der Waals surface area contributed by atoms with Gasteiger partial charge in [0.15, 0.2) is 0 Å². The summed E-state index contributed by atoms with van der Waals surface area (Å²) < 4.78 is 0. The molecule has 0 radical (unpaired) electrons. The molecule has 4 heteroatoms. The highest BCUT2D eigenvalue weighted by Crippen LogP contribution is 2.25. The molecule has 0 bridgehead atoms. The molecule has 0 aromatic heterocycles. The highest BCUT2D eigenvalue weighted by molar-refractivity contribution is 6.42. The Bertz CT molecular complexity index is 388. The molecule has 2 rings (SSSR count). The average molecular weight is 243 g/mol. The van der Waals surface area contributed by atoms with Gasteiger partial charge in [0.1, 0.15) is 5.84 Å². The second-order valence-corrected chi connectivity index (χ2v) is 4.35. The predicted octanol–water partition coefficient (Wildman–Crippen LogP) is 3.99. The molecule has 1 heterocycles. The quantitative estimate of drug-likeness (QED) is 0.792. The summed E-state index contributed by atoms with van der Waals surface area (Å²) in [5.74, 6) is 1.04. The summed E-state index contributed by atoms with van der Waals surface area (Å²) in [6.45, 7) is 0.920. The molecule has 0 spiro atoms. The van der Waals surface area contributed by atoms with Crippen LogP contribution in [0.1, 0.15) is 19.3 Å². The van der Waals surface area contributed by atoms with Crippen LogP contribution in [0, 0.1) is 0 Å². The Balaban J connectivity index is 2.10. The average Bonchev–Trinajstić information content (AvgIpc) is 2.25. The molecule has 0 aliphatic carbocycles. The summed E-state index contributed by atoms with van der Waals surface area (Å²) in [5, 5.41) is 4.40. The largest absolute Gasteiger partial charge is 0.344 e. The van der Waals surface area contributed by atoms with Crippen LogP contribution in [0.25, 0.3) is 0 Å². The van der Waals surface area contributed by atoms with Crippen molar-refractivity contribution in [1.29, 1.82) is 0 Å². The third kappa shape index (κ3) is 2.86. The van der Waals surface area contributed by atoms with Crippen LogP contribution in [0.15, 0.2) is 23.2 Å². The van der Waals surface area contributed by atoms with Crippen molar-refractivity contribution in [3.63, 3.8) is 0 Å². The van der Waals surface area contributed by atoms with E-state index in [9.17, 15) is 0 Å². The molecule has 1 N–H and O–H groups in total. The highest BCUT2D eigenvalue weighted by atomic mass is 35.5. The van der Waals surface area contributed by atoms with E-state index in [1.165, 1.54) is 12.8 Å². The van der Waals surface area contributed by atoms with Gasteiger partial charge in [0.05, 0.1) is 10.0 Å². The maximum Gasteiger partial charge on any atom is 0.101 e. The van der Waals surface area contributed by atoms with Gasteiger partial charge in [-0.1, -0.05) is 23.2 Å². The maximum absolute atomic E-state index is 5.92. The lowest BCUT2D eigenvalue weighted by Crippen LogP contribution is -2.15. The lowest BCUT2D eigenvalue weighted by molar-refractivity contribution is 0.737. The van der Waals surface area contributed by atoms with Gasteiger partial charge in [-0.3, -0.25) is 4.99 Å². The molecule has 0 fully saturated rings. The van der Waals surface area contributed by atoms with Gasteiger partial charge in [0.2, 0.25) is 0 Å². The van der Waals surface area contributed by atoms with Gasteiger partial charge in [0.25, 0.3) is 0 Å². The number of hydrogen-bond donors (Lipinski definition) is 1. The third-order valence-corrected chi connectivity index (χ3v) is 3.07. The van der Waals surface area contributed by atoms with Gasteiger partial charge in [-0.2, -0.15) is 0 Å². The lowest BCUT2D eigenvalue weighted by Gasteiger charge is -2.14. The van der Waals surface area contributed by atoms with E-state index in [2.05, 4.69) is 10.3 Å². The first-order valence-electron chi connectivity index (χ1n) is 5.01. The molecule has 15 heavy (non-hydrogen) atoms. The fourth-order valence-corrected chi connectivity index (χ4v) is 1.84. The molecular formula is C11H12Cl2N2. The Hall–Kier alpha value is -0.730. The van der Waals surface area contributed by atoms with Crippen LogP contribution in [0.2, 0.25) is 10.0 Å². The molecule has 80 valence electrons. The summed E-state index contributed by atoms with van der Waals surface area (Å²) in [6.07, 6.45) is 3.40. The molecule has 0 saturated heterocycles. The molecule has 1 aliphatic heterocycles. The second-order valence-electron chi connectivity index (χ2n) is 3.54. The molecule has 0 atom stereocenters. The fraction of sp³-hybridized carbons (Fsp3) is 0.364. The highest BCUT2D eigenvalue weighted by Gasteiger charge is 2.06. The van der Waals surface area contributed by atoms with Gasteiger partial charge in [-0.05, 0) is 31.0 Å². The minimum atomic E-state index is 0.568. The summed E-state index contributed by atoms with van der Waals surface area (Å²) in [7, 11) is 0. The summed E-state index contributed by atoms with van der Waals surface area (Å²) in [4.78, 5) is 4.41. The number of anilines is 1. The van der Waals surface area contributed by atoms with Crippen molar-refractivity contribution in [2.45, 2.75) is 19.3 Å². The van der Waals surface area contributed by atoms with E-state index in [1.807, 2.05) is 12.1 Å². The standard InChI is InChI=1S/C11H12Cl2N2/c12-9-5-4-8(7-10(9)13)15-11-3-1-2-6-14-11/h4-5,7H,1-3,6H2,(H,14,15).